The maximum absolute atomic E-state index is 12.2. The molecule has 1 fully saturated rings. The van der Waals surface area contributed by atoms with Gasteiger partial charge in [0.2, 0.25) is 18.6 Å². The summed E-state index contributed by atoms with van der Waals surface area (Å²) in [7, 11) is 0. The Morgan fingerprint density at radius 2 is 2.18 bits per heavy atom. The molecule has 2 amide bonds. The Hall–Kier alpha value is -2.24. The summed E-state index contributed by atoms with van der Waals surface area (Å²) in [6.07, 6.45) is 1.83. The zero-order valence-electron chi connectivity index (χ0n) is 12.6. The van der Waals surface area contributed by atoms with Gasteiger partial charge in [0.15, 0.2) is 11.5 Å². The standard InChI is InChI=1S/C16H20N2O4/c1-2-3-15(19)17-8-11-6-16(20)18(9-11)12-4-5-13-14(7-12)22-10-21-13/h4-5,7,11H,2-3,6,8-10H2,1H3,(H,17,19). The van der Waals surface area contributed by atoms with Gasteiger partial charge in [0, 0.05) is 43.6 Å². The highest BCUT2D eigenvalue weighted by Crippen LogP contribution is 2.37. The van der Waals surface area contributed by atoms with Gasteiger partial charge < -0.3 is 19.7 Å². The van der Waals surface area contributed by atoms with Crippen molar-refractivity contribution in [3.8, 4) is 11.5 Å². The molecule has 6 heteroatoms. The minimum Gasteiger partial charge on any atom is -0.454 e. The first-order valence-electron chi connectivity index (χ1n) is 7.64. The van der Waals surface area contributed by atoms with E-state index in [0.717, 1.165) is 12.1 Å². The molecule has 0 aromatic heterocycles. The van der Waals surface area contributed by atoms with Crippen LogP contribution in [0.15, 0.2) is 18.2 Å². The van der Waals surface area contributed by atoms with Crippen LogP contribution in [0.1, 0.15) is 26.2 Å². The molecule has 1 saturated heterocycles. The fourth-order valence-corrected chi connectivity index (χ4v) is 2.79. The number of ether oxygens (including phenoxy) is 2. The van der Waals surface area contributed by atoms with E-state index in [2.05, 4.69) is 5.32 Å². The van der Waals surface area contributed by atoms with Crippen molar-refractivity contribution in [2.24, 2.45) is 5.92 Å². The van der Waals surface area contributed by atoms with Crippen molar-refractivity contribution in [3.63, 3.8) is 0 Å². The Labute approximate surface area is 129 Å². The van der Waals surface area contributed by atoms with Crippen molar-refractivity contribution in [2.45, 2.75) is 26.2 Å². The quantitative estimate of drug-likeness (QED) is 0.899. The molecule has 0 aliphatic carbocycles. The van der Waals surface area contributed by atoms with E-state index >= 15 is 0 Å². The molecule has 1 aromatic rings. The van der Waals surface area contributed by atoms with E-state index in [1.807, 2.05) is 25.1 Å². The molecule has 6 nitrogen and oxygen atoms in total. The van der Waals surface area contributed by atoms with Gasteiger partial charge in [0.05, 0.1) is 0 Å². The lowest BCUT2D eigenvalue weighted by Gasteiger charge is -2.17. The summed E-state index contributed by atoms with van der Waals surface area (Å²) in [4.78, 5) is 25.5. The SMILES string of the molecule is CCCC(=O)NCC1CC(=O)N(c2ccc3c(c2)OCO3)C1. The average molecular weight is 304 g/mol. The first-order chi connectivity index (χ1) is 10.7. The minimum absolute atomic E-state index is 0.0523. The van der Waals surface area contributed by atoms with Gasteiger partial charge in [-0.3, -0.25) is 9.59 Å². The third-order valence-corrected chi connectivity index (χ3v) is 3.94. The molecule has 0 spiro atoms. The van der Waals surface area contributed by atoms with Crippen LogP contribution >= 0.6 is 0 Å². The molecule has 22 heavy (non-hydrogen) atoms. The Morgan fingerprint density at radius 3 is 3.00 bits per heavy atom. The number of nitrogens with one attached hydrogen (secondary N) is 1. The molecular weight excluding hydrogens is 284 g/mol. The maximum Gasteiger partial charge on any atom is 0.231 e. The highest BCUT2D eigenvalue weighted by molar-refractivity contribution is 5.96. The number of fused-ring (bicyclic) bond motifs is 1. The van der Waals surface area contributed by atoms with Gasteiger partial charge in [0.1, 0.15) is 0 Å². The molecule has 2 aliphatic heterocycles. The van der Waals surface area contributed by atoms with Crippen molar-refractivity contribution in [3.05, 3.63) is 18.2 Å². The first kappa shape index (κ1) is 14.7. The van der Waals surface area contributed by atoms with E-state index in [4.69, 9.17) is 9.47 Å². The van der Waals surface area contributed by atoms with Crippen LogP contribution in [0, 0.1) is 5.92 Å². The number of rotatable bonds is 5. The van der Waals surface area contributed by atoms with Gasteiger partial charge in [-0.15, -0.1) is 0 Å². The number of benzene rings is 1. The topological polar surface area (TPSA) is 67.9 Å². The van der Waals surface area contributed by atoms with Crippen LogP contribution in [-0.4, -0.2) is 31.7 Å². The molecule has 1 N–H and O–H groups in total. The predicted octanol–water partition coefficient (Wildman–Crippen LogP) is 1.68. The number of amides is 2. The lowest BCUT2D eigenvalue weighted by Crippen LogP contribution is -2.31. The van der Waals surface area contributed by atoms with Crippen LogP contribution in [0.3, 0.4) is 0 Å². The van der Waals surface area contributed by atoms with E-state index in [1.54, 1.807) is 4.90 Å². The number of nitrogens with zero attached hydrogens (tertiary/aromatic N) is 1. The van der Waals surface area contributed by atoms with Crippen LogP contribution in [0.25, 0.3) is 0 Å². The largest absolute Gasteiger partial charge is 0.454 e. The van der Waals surface area contributed by atoms with Crippen molar-refractivity contribution in [1.82, 2.24) is 5.32 Å². The predicted molar refractivity (Wildman–Crippen MR) is 80.9 cm³/mol. The van der Waals surface area contributed by atoms with Crippen molar-refractivity contribution < 1.29 is 19.1 Å². The van der Waals surface area contributed by atoms with E-state index in [-0.39, 0.29) is 24.5 Å². The fourth-order valence-electron chi connectivity index (χ4n) is 2.79. The van der Waals surface area contributed by atoms with Crippen LogP contribution in [0.2, 0.25) is 0 Å². The van der Waals surface area contributed by atoms with Gasteiger partial charge in [-0.2, -0.15) is 0 Å². The van der Waals surface area contributed by atoms with Gasteiger partial charge in [-0.25, -0.2) is 0 Å². The smallest absolute Gasteiger partial charge is 0.231 e. The molecule has 0 saturated carbocycles. The highest BCUT2D eigenvalue weighted by Gasteiger charge is 2.31. The van der Waals surface area contributed by atoms with Gasteiger partial charge in [-0.1, -0.05) is 6.92 Å². The van der Waals surface area contributed by atoms with Crippen LogP contribution in [-0.2, 0) is 9.59 Å². The van der Waals surface area contributed by atoms with Gasteiger partial charge in [-0.05, 0) is 18.6 Å². The third-order valence-electron chi connectivity index (χ3n) is 3.94. The zero-order chi connectivity index (χ0) is 15.5. The number of carbonyl (C=O) groups is 2. The summed E-state index contributed by atoms with van der Waals surface area (Å²) in [5, 5.41) is 2.90. The first-order valence-corrected chi connectivity index (χ1v) is 7.64. The molecule has 0 radical (unpaired) electrons. The van der Waals surface area contributed by atoms with E-state index < -0.39 is 0 Å². The van der Waals surface area contributed by atoms with Crippen molar-refractivity contribution in [2.75, 3.05) is 24.8 Å². The van der Waals surface area contributed by atoms with E-state index in [0.29, 0.717) is 37.4 Å². The Kier molecular flexibility index (Phi) is 4.18. The monoisotopic (exact) mass is 304 g/mol. The summed E-state index contributed by atoms with van der Waals surface area (Å²) < 4.78 is 10.6. The van der Waals surface area contributed by atoms with Crippen molar-refractivity contribution in [1.29, 1.82) is 0 Å². The molecule has 2 aliphatic rings. The summed E-state index contributed by atoms with van der Waals surface area (Å²) in [6, 6.07) is 5.52. The number of hydrogen-bond acceptors (Lipinski definition) is 4. The van der Waals surface area contributed by atoms with Crippen molar-refractivity contribution >= 4 is 17.5 Å². The van der Waals surface area contributed by atoms with E-state index in [9.17, 15) is 9.59 Å². The second-order valence-corrected chi connectivity index (χ2v) is 5.67. The molecule has 118 valence electrons. The molecule has 3 rings (SSSR count). The zero-order valence-corrected chi connectivity index (χ0v) is 12.6. The van der Waals surface area contributed by atoms with Gasteiger partial charge in [0.25, 0.3) is 0 Å². The molecule has 2 heterocycles. The Bertz CT molecular complexity index is 588. The average Bonchev–Trinajstić information content (AvgIpc) is 3.11. The molecule has 0 bridgehead atoms. The maximum atomic E-state index is 12.2. The van der Waals surface area contributed by atoms with Crippen LogP contribution < -0.4 is 19.7 Å². The van der Waals surface area contributed by atoms with Crippen LogP contribution in [0.5, 0.6) is 11.5 Å². The second kappa shape index (κ2) is 6.25. The Balaban J connectivity index is 1.61. The summed E-state index contributed by atoms with van der Waals surface area (Å²) in [5.74, 6) is 1.66. The number of carbonyl (C=O) groups excluding carboxylic acids is 2. The summed E-state index contributed by atoms with van der Waals surface area (Å²) >= 11 is 0. The van der Waals surface area contributed by atoms with Crippen LogP contribution in [0.4, 0.5) is 5.69 Å². The number of anilines is 1. The lowest BCUT2D eigenvalue weighted by molar-refractivity contribution is -0.121. The second-order valence-electron chi connectivity index (χ2n) is 5.67. The Morgan fingerprint density at radius 1 is 1.36 bits per heavy atom. The molecule has 1 aromatic carbocycles. The lowest BCUT2D eigenvalue weighted by atomic mass is 10.1. The highest BCUT2D eigenvalue weighted by atomic mass is 16.7. The summed E-state index contributed by atoms with van der Waals surface area (Å²) in [5.41, 5.74) is 0.816. The molecule has 1 unspecified atom stereocenters. The van der Waals surface area contributed by atoms with E-state index in [1.165, 1.54) is 0 Å². The molecular formula is C16H20N2O4. The minimum atomic E-state index is 0.0523. The normalized spacial score (nSPS) is 19.6. The fraction of sp³-hybridized carbons (Fsp3) is 0.500. The molecule has 1 atom stereocenters. The summed E-state index contributed by atoms with van der Waals surface area (Å²) in [6.45, 7) is 3.36. The van der Waals surface area contributed by atoms with Gasteiger partial charge >= 0.3 is 0 Å². The third kappa shape index (κ3) is 3.00. The number of hydrogen-bond donors (Lipinski definition) is 1.